The van der Waals surface area contributed by atoms with Gasteiger partial charge in [0.2, 0.25) is 0 Å². The first-order valence-corrected chi connectivity index (χ1v) is 6.61. The van der Waals surface area contributed by atoms with Crippen LogP contribution in [0.15, 0.2) is 59.1 Å². The van der Waals surface area contributed by atoms with Crippen molar-refractivity contribution in [1.29, 1.82) is 0 Å². The molecule has 0 bridgehead atoms. The molecule has 1 aromatic carbocycles. The van der Waals surface area contributed by atoms with Gasteiger partial charge < -0.3 is 4.90 Å². The molecule has 0 N–H and O–H groups in total. The maximum Gasteiger partial charge on any atom is 0.0786 e. The SMILES string of the molecule is CN(C)c1ccc(C=C2C=NC3C=CC=CC23)cc1. The summed E-state index contributed by atoms with van der Waals surface area (Å²) in [6, 6.07) is 8.91. The first kappa shape index (κ1) is 12.0. The molecule has 1 aromatic rings. The van der Waals surface area contributed by atoms with E-state index in [4.69, 9.17) is 0 Å². The molecule has 2 nitrogen and oxygen atoms in total. The van der Waals surface area contributed by atoms with Gasteiger partial charge in [0.05, 0.1) is 6.04 Å². The maximum atomic E-state index is 4.54. The molecule has 0 spiro atoms. The van der Waals surface area contributed by atoms with Gasteiger partial charge in [0.1, 0.15) is 0 Å². The Balaban J connectivity index is 1.84. The smallest absolute Gasteiger partial charge is 0.0786 e. The second-order valence-electron chi connectivity index (χ2n) is 5.19. The third-order valence-electron chi connectivity index (χ3n) is 3.63. The summed E-state index contributed by atoms with van der Waals surface area (Å²) in [6.07, 6.45) is 12.8. The van der Waals surface area contributed by atoms with E-state index in [-0.39, 0.29) is 0 Å². The van der Waals surface area contributed by atoms with E-state index in [0.717, 1.165) is 0 Å². The quantitative estimate of drug-likeness (QED) is 0.786. The molecule has 1 heterocycles. The molecule has 0 fully saturated rings. The predicted octanol–water partition coefficient (Wildman–Crippen LogP) is 3.33. The van der Waals surface area contributed by atoms with Gasteiger partial charge in [-0.05, 0) is 29.3 Å². The Bertz CT molecular complexity index is 574. The van der Waals surface area contributed by atoms with Gasteiger partial charge >= 0.3 is 0 Å². The van der Waals surface area contributed by atoms with Crippen LogP contribution >= 0.6 is 0 Å². The lowest BCUT2D eigenvalue weighted by Gasteiger charge is -2.15. The average Bonchev–Trinajstić information content (AvgIpc) is 2.83. The van der Waals surface area contributed by atoms with E-state index < -0.39 is 0 Å². The van der Waals surface area contributed by atoms with E-state index in [1.54, 1.807) is 0 Å². The van der Waals surface area contributed by atoms with Crippen molar-refractivity contribution in [1.82, 2.24) is 0 Å². The zero-order chi connectivity index (χ0) is 13.2. The highest BCUT2D eigenvalue weighted by atomic mass is 15.1. The summed E-state index contributed by atoms with van der Waals surface area (Å²) < 4.78 is 0. The molecule has 96 valence electrons. The van der Waals surface area contributed by atoms with Gasteiger partial charge in [0.25, 0.3) is 0 Å². The molecular weight excluding hydrogens is 232 g/mol. The monoisotopic (exact) mass is 250 g/mol. The summed E-state index contributed by atoms with van der Waals surface area (Å²) in [5, 5.41) is 0. The molecule has 19 heavy (non-hydrogen) atoms. The minimum atomic E-state index is 0.303. The summed E-state index contributed by atoms with van der Waals surface area (Å²) in [6.45, 7) is 0. The highest BCUT2D eigenvalue weighted by Crippen LogP contribution is 2.29. The highest BCUT2D eigenvalue weighted by Gasteiger charge is 2.25. The number of fused-ring (bicyclic) bond motifs is 1. The number of aliphatic imine (C=N–C) groups is 1. The fraction of sp³-hybridized carbons (Fsp3) is 0.235. The van der Waals surface area contributed by atoms with Crippen molar-refractivity contribution in [3.8, 4) is 0 Å². The number of anilines is 1. The number of rotatable bonds is 2. The van der Waals surface area contributed by atoms with Crippen molar-refractivity contribution in [2.24, 2.45) is 10.9 Å². The van der Waals surface area contributed by atoms with Gasteiger partial charge in [0, 0.05) is 31.9 Å². The van der Waals surface area contributed by atoms with E-state index in [1.165, 1.54) is 16.8 Å². The fourth-order valence-electron chi connectivity index (χ4n) is 2.50. The molecule has 0 saturated heterocycles. The van der Waals surface area contributed by atoms with E-state index in [2.05, 4.69) is 78.6 Å². The Hall–Kier alpha value is -2.09. The molecule has 1 aliphatic carbocycles. The van der Waals surface area contributed by atoms with Crippen molar-refractivity contribution in [3.63, 3.8) is 0 Å². The molecule has 2 heteroatoms. The topological polar surface area (TPSA) is 15.6 Å². The normalized spacial score (nSPS) is 25.9. The molecule has 2 atom stereocenters. The summed E-state index contributed by atoms with van der Waals surface area (Å²) in [5.74, 6) is 0.415. The number of hydrogen-bond donors (Lipinski definition) is 0. The van der Waals surface area contributed by atoms with E-state index in [9.17, 15) is 0 Å². The number of hydrogen-bond acceptors (Lipinski definition) is 2. The van der Waals surface area contributed by atoms with Gasteiger partial charge in [-0.15, -0.1) is 0 Å². The Morgan fingerprint density at radius 2 is 1.79 bits per heavy atom. The Morgan fingerprint density at radius 1 is 1.05 bits per heavy atom. The summed E-state index contributed by atoms with van der Waals surface area (Å²) in [7, 11) is 4.11. The van der Waals surface area contributed by atoms with Crippen molar-refractivity contribution < 1.29 is 0 Å². The van der Waals surface area contributed by atoms with E-state index in [1.807, 2.05) is 6.21 Å². The Labute approximate surface area is 114 Å². The van der Waals surface area contributed by atoms with Crippen LogP contribution in [-0.2, 0) is 0 Å². The lowest BCUT2D eigenvalue weighted by molar-refractivity contribution is 0.707. The first-order valence-electron chi connectivity index (χ1n) is 6.61. The third kappa shape index (κ3) is 2.39. The van der Waals surface area contributed by atoms with Gasteiger partial charge in [-0.3, -0.25) is 4.99 Å². The van der Waals surface area contributed by atoms with E-state index in [0.29, 0.717) is 12.0 Å². The molecule has 1 aliphatic heterocycles. The molecule has 0 aromatic heterocycles. The molecule has 0 saturated carbocycles. The van der Waals surface area contributed by atoms with Crippen LogP contribution in [0.5, 0.6) is 0 Å². The van der Waals surface area contributed by atoms with Crippen LogP contribution in [-0.4, -0.2) is 26.4 Å². The van der Waals surface area contributed by atoms with Gasteiger partial charge in [-0.1, -0.05) is 36.4 Å². The van der Waals surface area contributed by atoms with Gasteiger partial charge in [-0.25, -0.2) is 0 Å². The van der Waals surface area contributed by atoms with Crippen LogP contribution in [0.3, 0.4) is 0 Å². The molecule has 2 aliphatic rings. The Kier molecular flexibility index (Phi) is 3.08. The van der Waals surface area contributed by atoms with Crippen LogP contribution in [0.2, 0.25) is 0 Å². The van der Waals surface area contributed by atoms with E-state index >= 15 is 0 Å². The lowest BCUT2D eigenvalue weighted by Crippen LogP contribution is -2.12. The molecule has 3 rings (SSSR count). The Morgan fingerprint density at radius 3 is 2.53 bits per heavy atom. The van der Waals surface area contributed by atoms with Crippen molar-refractivity contribution >= 4 is 18.0 Å². The number of benzene rings is 1. The number of nitrogens with zero attached hydrogens (tertiary/aromatic N) is 2. The van der Waals surface area contributed by atoms with Gasteiger partial charge in [-0.2, -0.15) is 0 Å². The minimum Gasteiger partial charge on any atom is -0.378 e. The van der Waals surface area contributed by atoms with Crippen LogP contribution in [0.4, 0.5) is 5.69 Å². The summed E-state index contributed by atoms with van der Waals surface area (Å²) in [5.41, 5.74) is 3.75. The standard InChI is InChI=1S/C17H18N2/c1-19(2)15-9-7-13(8-10-15)11-14-12-18-17-6-4-3-5-16(14)17/h3-12,16-17H,1-2H3. The highest BCUT2D eigenvalue weighted by molar-refractivity contribution is 5.89. The van der Waals surface area contributed by atoms with Crippen LogP contribution in [0.25, 0.3) is 6.08 Å². The molecule has 0 radical (unpaired) electrons. The van der Waals surface area contributed by atoms with Gasteiger partial charge in [0.15, 0.2) is 0 Å². The fourth-order valence-corrected chi connectivity index (χ4v) is 2.50. The minimum absolute atomic E-state index is 0.303. The number of allylic oxidation sites excluding steroid dienone is 2. The molecular formula is C17H18N2. The second-order valence-corrected chi connectivity index (χ2v) is 5.19. The van der Waals surface area contributed by atoms with Crippen molar-refractivity contribution in [2.75, 3.05) is 19.0 Å². The van der Waals surface area contributed by atoms with Crippen LogP contribution < -0.4 is 4.90 Å². The van der Waals surface area contributed by atoms with Crippen LogP contribution in [0, 0.1) is 5.92 Å². The average molecular weight is 250 g/mol. The van der Waals surface area contributed by atoms with Crippen LogP contribution in [0.1, 0.15) is 5.56 Å². The van der Waals surface area contributed by atoms with Crippen molar-refractivity contribution in [2.45, 2.75) is 6.04 Å². The zero-order valence-electron chi connectivity index (χ0n) is 11.3. The predicted molar refractivity (Wildman–Crippen MR) is 82.8 cm³/mol. The molecule has 2 unspecified atom stereocenters. The lowest BCUT2D eigenvalue weighted by atomic mass is 9.90. The second kappa shape index (κ2) is 4.88. The summed E-state index contributed by atoms with van der Waals surface area (Å²) in [4.78, 5) is 6.65. The largest absolute Gasteiger partial charge is 0.378 e. The van der Waals surface area contributed by atoms with Crippen molar-refractivity contribution in [3.05, 3.63) is 59.7 Å². The summed E-state index contributed by atoms with van der Waals surface area (Å²) >= 11 is 0. The zero-order valence-corrected chi connectivity index (χ0v) is 11.3. The molecule has 0 amide bonds. The maximum absolute atomic E-state index is 4.54. The third-order valence-corrected chi connectivity index (χ3v) is 3.63. The first-order chi connectivity index (χ1) is 9.24.